The van der Waals surface area contributed by atoms with Crippen molar-refractivity contribution in [1.29, 1.82) is 0 Å². The van der Waals surface area contributed by atoms with Crippen molar-refractivity contribution in [2.24, 2.45) is 0 Å². The van der Waals surface area contributed by atoms with Crippen molar-refractivity contribution in [2.75, 3.05) is 13.7 Å². The molecule has 0 saturated carbocycles. The Labute approximate surface area is 88.8 Å². The molecule has 1 unspecified atom stereocenters. The lowest BCUT2D eigenvalue weighted by Crippen LogP contribution is -2.22. The van der Waals surface area contributed by atoms with E-state index in [1.165, 1.54) is 7.11 Å². The highest BCUT2D eigenvalue weighted by Crippen LogP contribution is 2.11. The molecular formula is C10H16N2O3. The van der Waals surface area contributed by atoms with E-state index in [1.807, 2.05) is 13.8 Å². The third-order valence-corrected chi connectivity index (χ3v) is 2.02. The molecule has 0 saturated heterocycles. The second-order valence-corrected chi connectivity index (χ2v) is 3.31. The van der Waals surface area contributed by atoms with E-state index >= 15 is 0 Å². The number of nitrogens with zero attached hydrogens (tertiary/aromatic N) is 1. The van der Waals surface area contributed by atoms with Crippen molar-refractivity contribution >= 4 is 5.97 Å². The van der Waals surface area contributed by atoms with Crippen LogP contribution in [-0.4, -0.2) is 24.6 Å². The lowest BCUT2D eigenvalue weighted by atomic mass is 10.3. The maximum Gasteiger partial charge on any atom is 0.306 e. The van der Waals surface area contributed by atoms with Crippen molar-refractivity contribution in [3.8, 4) is 0 Å². The third-order valence-electron chi connectivity index (χ3n) is 2.02. The number of carbonyl (C=O) groups excluding carboxylic acids is 1. The molecule has 1 aromatic heterocycles. The number of nitrogens with one attached hydrogen (secondary N) is 1. The zero-order valence-corrected chi connectivity index (χ0v) is 9.24. The standard InChI is InChI=1S/C10H16N2O3/c1-7-6-12-10(15-7)8(2)11-5-4-9(13)14-3/h6,8,11H,4-5H2,1-3H3. The highest BCUT2D eigenvalue weighted by molar-refractivity contribution is 5.69. The molecule has 0 aromatic carbocycles. The predicted octanol–water partition coefficient (Wildman–Crippen LogP) is 1.20. The quantitative estimate of drug-likeness (QED) is 0.743. The molecule has 5 nitrogen and oxygen atoms in total. The molecule has 1 atom stereocenters. The van der Waals surface area contributed by atoms with Gasteiger partial charge in [0, 0.05) is 6.54 Å². The SMILES string of the molecule is COC(=O)CCNC(C)c1ncc(C)o1. The summed E-state index contributed by atoms with van der Waals surface area (Å²) < 4.78 is 9.86. The van der Waals surface area contributed by atoms with Crippen LogP contribution in [0.25, 0.3) is 0 Å². The number of hydrogen-bond donors (Lipinski definition) is 1. The van der Waals surface area contributed by atoms with E-state index in [0.29, 0.717) is 18.9 Å². The van der Waals surface area contributed by atoms with E-state index in [4.69, 9.17) is 4.42 Å². The van der Waals surface area contributed by atoms with Crippen LogP contribution in [0.1, 0.15) is 31.0 Å². The van der Waals surface area contributed by atoms with Crippen LogP contribution in [0, 0.1) is 6.92 Å². The second-order valence-electron chi connectivity index (χ2n) is 3.31. The smallest absolute Gasteiger partial charge is 0.306 e. The summed E-state index contributed by atoms with van der Waals surface area (Å²) >= 11 is 0. The van der Waals surface area contributed by atoms with Crippen LogP contribution >= 0.6 is 0 Å². The fraction of sp³-hybridized carbons (Fsp3) is 0.600. The maximum absolute atomic E-state index is 10.8. The highest BCUT2D eigenvalue weighted by Gasteiger charge is 2.10. The number of hydrogen-bond acceptors (Lipinski definition) is 5. The number of esters is 1. The Morgan fingerprint density at radius 2 is 2.47 bits per heavy atom. The van der Waals surface area contributed by atoms with Gasteiger partial charge in [0.25, 0.3) is 0 Å². The number of rotatable bonds is 5. The van der Waals surface area contributed by atoms with E-state index in [2.05, 4.69) is 15.0 Å². The monoisotopic (exact) mass is 212 g/mol. The van der Waals surface area contributed by atoms with E-state index < -0.39 is 0 Å². The first-order valence-electron chi connectivity index (χ1n) is 4.86. The fourth-order valence-corrected chi connectivity index (χ4v) is 1.15. The van der Waals surface area contributed by atoms with Crippen molar-refractivity contribution in [2.45, 2.75) is 26.3 Å². The summed E-state index contributed by atoms with van der Waals surface area (Å²) in [6, 6.07) is 0.00311. The first-order chi connectivity index (χ1) is 7.13. The van der Waals surface area contributed by atoms with Gasteiger partial charge in [0.1, 0.15) is 5.76 Å². The molecule has 0 amide bonds. The Hall–Kier alpha value is -1.36. The summed E-state index contributed by atoms with van der Waals surface area (Å²) in [7, 11) is 1.38. The summed E-state index contributed by atoms with van der Waals surface area (Å²) in [4.78, 5) is 14.9. The van der Waals surface area contributed by atoms with Gasteiger partial charge in [-0.25, -0.2) is 4.98 Å². The van der Waals surface area contributed by atoms with Crippen LogP contribution in [0.3, 0.4) is 0 Å². The summed E-state index contributed by atoms with van der Waals surface area (Å²) in [6.45, 7) is 4.33. The molecule has 0 fully saturated rings. The average Bonchev–Trinajstić information content (AvgIpc) is 2.64. The van der Waals surface area contributed by atoms with E-state index in [0.717, 1.165) is 5.76 Å². The number of aryl methyl sites for hydroxylation is 1. The Morgan fingerprint density at radius 1 is 1.73 bits per heavy atom. The molecule has 0 spiro atoms. The molecule has 15 heavy (non-hydrogen) atoms. The molecule has 0 aliphatic rings. The van der Waals surface area contributed by atoms with Crippen LogP contribution in [0.2, 0.25) is 0 Å². The van der Waals surface area contributed by atoms with Gasteiger partial charge in [-0.1, -0.05) is 0 Å². The van der Waals surface area contributed by atoms with Gasteiger partial charge in [-0.05, 0) is 13.8 Å². The van der Waals surface area contributed by atoms with Gasteiger partial charge in [-0.15, -0.1) is 0 Å². The van der Waals surface area contributed by atoms with E-state index in [-0.39, 0.29) is 12.0 Å². The van der Waals surface area contributed by atoms with Gasteiger partial charge in [0.2, 0.25) is 5.89 Å². The minimum Gasteiger partial charge on any atom is -0.469 e. The normalized spacial score (nSPS) is 12.5. The van der Waals surface area contributed by atoms with Crippen LogP contribution in [0.5, 0.6) is 0 Å². The fourth-order valence-electron chi connectivity index (χ4n) is 1.15. The zero-order chi connectivity index (χ0) is 11.3. The van der Waals surface area contributed by atoms with Crippen LogP contribution in [-0.2, 0) is 9.53 Å². The Kier molecular flexibility index (Phi) is 4.30. The van der Waals surface area contributed by atoms with Gasteiger partial charge >= 0.3 is 5.97 Å². The predicted molar refractivity (Wildman–Crippen MR) is 54.3 cm³/mol. The molecule has 1 aromatic rings. The number of aromatic nitrogens is 1. The maximum atomic E-state index is 10.8. The van der Waals surface area contributed by atoms with Crippen molar-refractivity contribution in [3.63, 3.8) is 0 Å². The zero-order valence-electron chi connectivity index (χ0n) is 9.24. The van der Waals surface area contributed by atoms with Crippen molar-refractivity contribution in [1.82, 2.24) is 10.3 Å². The third kappa shape index (κ3) is 3.71. The Morgan fingerprint density at radius 3 is 3.00 bits per heavy atom. The average molecular weight is 212 g/mol. The van der Waals surface area contributed by atoms with Crippen molar-refractivity contribution < 1.29 is 13.9 Å². The molecule has 1 heterocycles. The largest absolute Gasteiger partial charge is 0.469 e. The molecule has 0 aliphatic heterocycles. The van der Waals surface area contributed by atoms with Gasteiger partial charge < -0.3 is 14.5 Å². The number of carbonyl (C=O) groups is 1. The molecule has 0 aliphatic carbocycles. The van der Waals surface area contributed by atoms with E-state index in [1.54, 1.807) is 6.20 Å². The summed E-state index contributed by atoms with van der Waals surface area (Å²) in [5.41, 5.74) is 0. The first-order valence-corrected chi connectivity index (χ1v) is 4.86. The van der Waals surface area contributed by atoms with Crippen LogP contribution in [0.15, 0.2) is 10.6 Å². The molecular weight excluding hydrogens is 196 g/mol. The molecule has 5 heteroatoms. The summed E-state index contributed by atoms with van der Waals surface area (Å²) in [6.07, 6.45) is 2.02. The van der Waals surface area contributed by atoms with Crippen LogP contribution in [0.4, 0.5) is 0 Å². The van der Waals surface area contributed by atoms with Crippen LogP contribution < -0.4 is 5.32 Å². The molecule has 1 N–H and O–H groups in total. The van der Waals surface area contributed by atoms with Gasteiger partial charge in [-0.2, -0.15) is 0 Å². The number of oxazole rings is 1. The lowest BCUT2D eigenvalue weighted by molar-refractivity contribution is -0.140. The first kappa shape index (κ1) is 11.7. The minimum absolute atomic E-state index is 0.00311. The number of methoxy groups -OCH3 is 1. The molecule has 1 rings (SSSR count). The Balaban J connectivity index is 2.30. The Bertz CT molecular complexity index is 322. The second kappa shape index (κ2) is 5.50. The minimum atomic E-state index is -0.224. The molecule has 0 radical (unpaired) electrons. The summed E-state index contributed by atoms with van der Waals surface area (Å²) in [5.74, 6) is 1.20. The topological polar surface area (TPSA) is 64.4 Å². The highest BCUT2D eigenvalue weighted by atomic mass is 16.5. The number of ether oxygens (including phenoxy) is 1. The summed E-state index contributed by atoms with van der Waals surface area (Å²) in [5, 5.41) is 3.12. The lowest BCUT2D eigenvalue weighted by Gasteiger charge is -2.08. The van der Waals surface area contributed by atoms with Crippen molar-refractivity contribution in [3.05, 3.63) is 17.8 Å². The van der Waals surface area contributed by atoms with E-state index in [9.17, 15) is 4.79 Å². The molecule has 0 bridgehead atoms. The van der Waals surface area contributed by atoms with Gasteiger partial charge in [-0.3, -0.25) is 4.79 Å². The van der Waals surface area contributed by atoms with Gasteiger partial charge in [0.15, 0.2) is 0 Å². The molecule has 84 valence electrons. The van der Waals surface area contributed by atoms with Gasteiger partial charge in [0.05, 0.1) is 25.8 Å².